The second kappa shape index (κ2) is 8.04. The molecule has 0 radical (unpaired) electrons. The fourth-order valence-electron chi connectivity index (χ4n) is 3.19. The van der Waals surface area contributed by atoms with Gasteiger partial charge in [0.05, 0.1) is 43.3 Å². The molecule has 1 N–H and O–H groups in total. The van der Waals surface area contributed by atoms with Crippen molar-refractivity contribution in [1.29, 1.82) is 0 Å². The van der Waals surface area contributed by atoms with Crippen molar-refractivity contribution >= 4 is 50.9 Å². The van der Waals surface area contributed by atoms with Crippen molar-refractivity contribution in [1.82, 2.24) is 14.7 Å². The van der Waals surface area contributed by atoms with Gasteiger partial charge in [-0.05, 0) is 31.7 Å². The Bertz CT molecular complexity index is 1180. The number of carbonyl (C=O) groups is 1. The second-order valence-corrected chi connectivity index (χ2v) is 8.30. The van der Waals surface area contributed by atoms with E-state index in [4.69, 9.17) is 14.2 Å². The number of amidine groups is 1. The third-order valence-electron chi connectivity index (χ3n) is 4.57. The van der Waals surface area contributed by atoms with E-state index in [0.29, 0.717) is 33.7 Å². The van der Waals surface area contributed by atoms with Crippen molar-refractivity contribution < 1.29 is 19.0 Å². The summed E-state index contributed by atoms with van der Waals surface area (Å²) >= 11 is 2.69. The van der Waals surface area contributed by atoms with Crippen LogP contribution in [0.15, 0.2) is 27.4 Å². The maximum Gasteiger partial charge on any atom is 0.289 e. The van der Waals surface area contributed by atoms with Crippen LogP contribution >= 0.6 is 23.1 Å². The number of carbonyl (C=O) groups excluding carboxylic acids is 1. The number of amides is 1. The van der Waals surface area contributed by atoms with Crippen LogP contribution in [0.1, 0.15) is 17.1 Å². The van der Waals surface area contributed by atoms with Gasteiger partial charge < -0.3 is 19.5 Å². The Morgan fingerprint density at radius 1 is 1.13 bits per heavy atom. The number of aryl methyl sites for hydroxylation is 2. The summed E-state index contributed by atoms with van der Waals surface area (Å²) in [6.07, 6.45) is 1.94. The molecule has 10 heteroatoms. The van der Waals surface area contributed by atoms with Crippen LogP contribution in [0.5, 0.6) is 17.2 Å². The van der Waals surface area contributed by atoms with Gasteiger partial charge in [-0.25, -0.2) is 9.98 Å². The molecule has 1 fully saturated rings. The van der Waals surface area contributed by atoms with Crippen LogP contribution in [-0.4, -0.2) is 41.8 Å². The summed E-state index contributed by atoms with van der Waals surface area (Å²) in [5, 5.41) is 4.68. The minimum absolute atomic E-state index is 0.187. The zero-order chi connectivity index (χ0) is 21.4. The molecule has 1 amide bonds. The normalized spacial score (nSPS) is 16.5. The molecule has 3 heterocycles. The number of fused-ring (bicyclic) bond motifs is 1. The molecule has 156 valence electrons. The molecule has 1 aliphatic rings. The molecule has 8 nitrogen and oxygen atoms in total. The minimum Gasteiger partial charge on any atom is -0.493 e. The van der Waals surface area contributed by atoms with E-state index in [-0.39, 0.29) is 5.24 Å². The maximum absolute atomic E-state index is 12.1. The van der Waals surface area contributed by atoms with Crippen molar-refractivity contribution in [3.63, 3.8) is 0 Å². The Morgan fingerprint density at radius 2 is 1.83 bits per heavy atom. The van der Waals surface area contributed by atoms with Gasteiger partial charge in [0.2, 0.25) is 5.75 Å². The summed E-state index contributed by atoms with van der Waals surface area (Å²) in [6.45, 7) is 3.99. The molecule has 4 rings (SSSR count). The van der Waals surface area contributed by atoms with Crippen LogP contribution in [0.4, 0.5) is 10.5 Å². The summed E-state index contributed by atoms with van der Waals surface area (Å²) < 4.78 is 18.2. The smallest absolute Gasteiger partial charge is 0.289 e. The number of nitrogens with zero attached hydrogens (tertiary/aromatic N) is 3. The van der Waals surface area contributed by atoms with Gasteiger partial charge in [0, 0.05) is 23.2 Å². The number of imidazole rings is 1. The third-order valence-corrected chi connectivity index (χ3v) is 6.33. The molecule has 0 aliphatic carbocycles. The lowest BCUT2D eigenvalue weighted by molar-refractivity contribution is 0.265. The molecule has 2 aromatic heterocycles. The van der Waals surface area contributed by atoms with E-state index in [1.54, 1.807) is 44.8 Å². The first-order valence-electron chi connectivity index (χ1n) is 8.98. The fraction of sp³-hybridized carbons (Fsp3) is 0.250. The number of aromatic nitrogens is 2. The van der Waals surface area contributed by atoms with Gasteiger partial charge in [0.15, 0.2) is 16.5 Å². The number of methoxy groups -OCH3 is 3. The van der Waals surface area contributed by atoms with Crippen molar-refractivity contribution in [3.8, 4) is 17.2 Å². The van der Waals surface area contributed by atoms with Crippen LogP contribution < -0.4 is 19.5 Å². The van der Waals surface area contributed by atoms with Gasteiger partial charge in [-0.2, -0.15) is 0 Å². The molecule has 0 saturated carbocycles. The Balaban J connectivity index is 1.81. The first-order chi connectivity index (χ1) is 14.4. The summed E-state index contributed by atoms with van der Waals surface area (Å²) in [5.41, 5.74) is 3.48. The quantitative estimate of drug-likeness (QED) is 0.621. The van der Waals surface area contributed by atoms with Crippen LogP contribution in [0.3, 0.4) is 0 Å². The Hall–Kier alpha value is -2.98. The highest BCUT2D eigenvalue weighted by molar-refractivity contribution is 8.18. The highest BCUT2D eigenvalue weighted by atomic mass is 32.2. The zero-order valence-corrected chi connectivity index (χ0v) is 18.7. The van der Waals surface area contributed by atoms with Gasteiger partial charge >= 0.3 is 0 Å². The Kier molecular flexibility index (Phi) is 5.44. The molecule has 0 atom stereocenters. The van der Waals surface area contributed by atoms with E-state index in [1.165, 1.54) is 0 Å². The number of rotatable bonds is 5. The molecule has 3 aromatic rings. The molecular formula is C20H20N4O4S2. The summed E-state index contributed by atoms with van der Waals surface area (Å²) in [5.74, 6) is 1.91. The van der Waals surface area contributed by atoms with E-state index >= 15 is 0 Å². The van der Waals surface area contributed by atoms with Gasteiger partial charge in [-0.3, -0.25) is 9.20 Å². The topological polar surface area (TPSA) is 86.5 Å². The van der Waals surface area contributed by atoms with E-state index in [1.807, 2.05) is 19.9 Å². The summed E-state index contributed by atoms with van der Waals surface area (Å²) in [7, 11) is 4.63. The van der Waals surface area contributed by atoms with E-state index < -0.39 is 0 Å². The Morgan fingerprint density at radius 3 is 2.47 bits per heavy atom. The lowest BCUT2D eigenvalue weighted by Gasteiger charge is -2.12. The number of hydrogen-bond donors (Lipinski definition) is 1. The second-order valence-electron chi connectivity index (χ2n) is 6.44. The Labute approximate surface area is 181 Å². The van der Waals surface area contributed by atoms with Gasteiger partial charge in [-0.1, -0.05) is 0 Å². The van der Waals surface area contributed by atoms with Gasteiger partial charge in [0.25, 0.3) is 5.24 Å². The van der Waals surface area contributed by atoms with Crippen LogP contribution in [-0.2, 0) is 0 Å². The fourth-order valence-corrected chi connectivity index (χ4v) is 4.82. The van der Waals surface area contributed by atoms with Crippen LogP contribution in [0.25, 0.3) is 11.0 Å². The van der Waals surface area contributed by atoms with Gasteiger partial charge in [0.1, 0.15) is 5.84 Å². The number of nitrogens with one attached hydrogen (secondary N) is 1. The summed E-state index contributed by atoms with van der Waals surface area (Å²) in [6, 6.07) is 3.46. The average Bonchev–Trinajstić information content (AvgIpc) is 3.36. The first kappa shape index (κ1) is 20.3. The number of thioether (sulfide) groups is 1. The predicted octanol–water partition coefficient (Wildman–Crippen LogP) is 4.57. The summed E-state index contributed by atoms with van der Waals surface area (Å²) in [4.78, 5) is 23.0. The van der Waals surface area contributed by atoms with E-state index in [9.17, 15) is 4.79 Å². The number of thiazole rings is 1. The maximum atomic E-state index is 12.1. The standard InChI is InChI=1S/C20H20N4O4S2/c1-10-9-29-19-21-11(2)13(24(10)19)8-16-18(23-20(25)30-16)22-12-6-14(26-3)17(28-5)15(7-12)27-4/h6-9H,1-5H3,(H,22,23,25). The first-order valence-corrected chi connectivity index (χ1v) is 10.7. The largest absolute Gasteiger partial charge is 0.493 e. The minimum atomic E-state index is -0.187. The molecular weight excluding hydrogens is 424 g/mol. The number of aliphatic imine (C=N–C) groups is 1. The number of hydrogen-bond acceptors (Lipinski definition) is 8. The molecule has 1 saturated heterocycles. The van der Waals surface area contributed by atoms with Crippen LogP contribution in [0.2, 0.25) is 0 Å². The monoisotopic (exact) mass is 444 g/mol. The lowest BCUT2D eigenvalue weighted by Crippen LogP contribution is -2.18. The highest BCUT2D eigenvalue weighted by Crippen LogP contribution is 2.41. The molecule has 0 spiro atoms. The predicted molar refractivity (Wildman–Crippen MR) is 120 cm³/mol. The SMILES string of the molecule is COc1cc(N=C2NC(=O)SC2=Cc2c(C)nc3scc(C)n23)cc(OC)c1OC. The van der Waals surface area contributed by atoms with E-state index in [2.05, 4.69) is 25.1 Å². The van der Waals surface area contributed by atoms with Gasteiger partial charge in [-0.15, -0.1) is 11.3 Å². The molecule has 1 aromatic carbocycles. The van der Waals surface area contributed by atoms with Crippen molar-refractivity contribution in [2.45, 2.75) is 13.8 Å². The molecule has 0 unspecified atom stereocenters. The highest BCUT2D eigenvalue weighted by Gasteiger charge is 2.25. The van der Waals surface area contributed by atoms with Crippen molar-refractivity contribution in [3.05, 3.63) is 39.5 Å². The molecule has 30 heavy (non-hydrogen) atoms. The average molecular weight is 445 g/mol. The van der Waals surface area contributed by atoms with Crippen LogP contribution in [0, 0.1) is 13.8 Å². The number of benzene rings is 1. The number of ether oxygens (including phenoxy) is 3. The lowest BCUT2D eigenvalue weighted by atomic mass is 10.2. The van der Waals surface area contributed by atoms with E-state index in [0.717, 1.165) is 33.8 Å². The molecule has 0 bridgehead atoms. The zero-order valence-electron chi connectivity index (χ0n) is 17.1. The van der Waals surface area contributed by atoms with Crippen molar-refractivity contribution in [2.24, 2.45) is 4.99 Å². The molecule has 1 aliphatic heterocycles. The third kappa shape index (κ3) is 3.52. The van der Waals surface area contributed by atoms with Crippen molar-refractivity contribution in [2.75, 3.05) is 21.3 Å².